The quantitative estimate of drug-likeness (QED) is 0.0204. The van der Waals surface area contributed by atoms with Crippen LogP contribution in [0, 0.1) is 0 Å². The topological polar surface area (TPSA) is 225 Å². The minimum atomic E-state index is -1.08. The highest BCUT2D eigenvalue weighted by molar-refractivity contribution is 5.79. The number of aliphatic carboxylic acids is 2. The van der Waals surface area contributed by atoms with Crippen molar-refractivity contribution in [3.05, 3.63) is 0 Å². The lowest BCUT2D eigenvalue weighted by molar-refractivity contribution is -0.351. The monoisotopic (exact) mass is 798 g/mol. The second-order valence-electron chi connectivity index (χ2n) is 15.2. The first-order chi connectivity index (χ1) is 26.1. The Balaban J connectivity index is 4.43. The molecule has 55 heavy (non-hydrogen) atoms. The Morgan fingerprint density at radius 1 is 0.582 bits per heavy atom. The number of carbonyl (C=O) groups excluding carboxylic acids is 1. The van der Waals surface area contributed by atoms with Gasteiger partial charge in [-0.3, -0.25) is 44.5 Å². The number of rotatable bonds is 39. The number of amides is 1. The summed E-state index contributed by atoms with van der Waals surface area (Å²) >= 11 is 0. The van der Waals surface area contributed by atoms with E-state index < -0.39 is 11.9 Å². The molecule has 0 fully saturated rings. The van der Waals surface area contributed by atoms with E-state index >= 15 is 0 Å². The van der Waals surface area contributed by atoms with Crippen LogP contribution in [0.2, 0.25) is 0 Å². The number of nitrogens with one attached hydrogen (secondary N) is 4. The Hall–Kier alpha value is -2.11. The van der Waals surface area contributed by atoms with E-state index in [4.69, 9.17) is 29.4 Å². The van der Waals surface area contributed by atoms with E-state index in [1.54, 1.807) is 4.90 Å². The number of carboxylic acid groups (broad SMARTS) is 2. The van der Waals surface area contributed by atoms with Gasteiger partial charge in [-0.15, -0.1) is 0 Å². The molecule has 0 rings (SSSR count). The zero-order valence-electron chi connectivity index (χ0n) is 34.5. The lowest BCUT2D eigenvalue weighted by Gasteiger charge is -2.28. The standard InChI is InChI=1S/C36H75N7O12/c1-35(2,3)50-31-52-40-18-14-10-8-12-16-38-32(44)27-43(29-34(47)48)22-21-42(28-33(45)46)20-19-41(24-26-53-49)23-25-51-39-17-13-9-7-11-15-37-30-54-55-36(4,5)6/h37,39-40,49H,7-31H2,1-6H3,(H,38,44)(H,45,46)(H,47,48). The van der Waals surface area contributed by atoms with Crippen molar-refractivity contribution in [1.29, 1.82) is 0 Å². The fourth-order valence-corrected chi connectivity index (χ4v) is 4.86. The molecule has 0 aliphatic heterocycles. The number of nitrogens with zero attached hydrogens (tertiary/aromatic N) is 3. The molecule has 19 nitrogen and oxygen atoms in total. The molecule has 1 amide bonds. The van der Waals surface area contributed by atoms with Crippen molar-refractivity contribution >= 4 is 17.8 Å². The molecule has 0 saturated heterocycles. The van der Waals surface area contributed by atoms with Crippen molar-refractivity contribution in [2.45, 2.75) is 104 Å². The summed E-state index contributed by atoms with van der Waals surface area (Å²) in [6, 6.07) is 0. The second kappa shape index (κ2) is 34.0. The van der Waals surface area contributed by atoms with Crippen LogP contribution in [0.25, 0.3) is 0 Å². The Morgan fingerprint density at radius 3 is 1.69 bits per heavy atom. The highest BCUT2D eigenvalue weighted by atomic mass is 17.2. The van der Waals surface area contributed by atoms with Crippen LogP contribution in [-0.2, 0) is 43.5 Å². The maximum absolute atomic E-state index is 12.6. The number of ether oxygens (including phenoxy) is 1. The largest absolute Gasteiger partial charge is 0.480 e. The van der Waals surface area contributed by atoms with Crippen LogP contribution in [0.3, 0.4) is 0 Å². The van der Waals surface area contributed by atoms with Gasteiger partial charge in [0.25, 0.3) is 0 Å². The summed E-state index contributed by atoms with van der Waals surface area (Å²) in [5.41, 5.74) is 5.26. The summed E-state index contributed by atoms with van der Waals surface area (Å²) in [5.74, 6) is -2.38. The fraction of sp³-hybridized carbons (Fsp3) is 0.917. The molecule has 0 aliphatic carbocycles. The Bertz CT molecular complexity index is 957. The number of hydrogen-bond acceptors (Lipinski definition) is 16. The molecule has 0 aliphatic rings. The van der Waals surface area contributed by atoms with Gasteiger partial charge in [-0.2, -0.15) is 5.48 Å². The van der Waals surface area contributed by atoms with Gasteiger partial charge in [-0.25, -0.2) is 20.1 Å². The first-order valence-corrected chi connectivity index (χ1v) is 19.6. The Labute approximate surface area is 328 Å². The molecule has 19 heteroatoms. The molecule has 326 valence electrons. The van der Waals surface area contributed by atoms with Crippen molar-refractivity contribution in [1.82, 2.24) is 36.3 Å². The number of hydrogen-bond donors (Lipinski definition) is 7. The van der Waals surface area contributed by atoms with Crippen LogP contribution in [0.5, 0.6) is 0 Å². The predicted octanol–water partition coefficient (Wildman–Crippen LogP) is 1.90. The minimum absolute atomic E-state index is 0.0678. The normalized spacial score (nSPS) is 12.3. The van der Waals surface area contributed by atoms with Gasteiger partial charge >= 0.3 is 11.9 Å². The van der Waals surface area contributed by atoms with Crippen molar-refractivity contribution in [3.63, 3.8) is 0 Å². The fourth-order valence-electron chi connectivity index (χ4n) is 4.86. The molecular weight excluding hydrogens is 722 g/mol. The van der Waals surface area contributed by atoms with Crippen molar-refractivity contribution in [2.24, 2.45) is 0 Å². The van der Waals surface area contributed by atoms with Gasteiger partial charge in [0, 0.05) is 58.9 Å². The zero-order chi connectivity index (χ0) is 41.2. The van der Waals surface area contributed by atoms with Crippen LogP contribution in [0.4, 0.5) is 0 Å². The van der Waals surface area contributed by atoms with Crippen LogP contribution in [0.15, 0.2) is 0 Å². The summed E-state index contributed by atoms with van der Waals surface area (Å²) in [5, 5.41) is 33.9. The van der Waals surface area contributed by atoms with Gasteiger partial charge in [0.2, 0.25) is 5.91 Å². The van der Waals surface area contributed by atoms with Gasteiger partial charge in [-0.1, -0.05) is 25.7 Å². The van der Waals surface area contributed by atoms with Crippen LogP contribution >= 0.6 is 0 Å². The molecular formula is C36H75N7O12. The summed E-state index contributed by atoms with van der Waals surface area (Å²) in [6.45, 7) is 16.7. The van der Waals surface area contributed by atoms with Gasteiger partial charge in [0.15, 0.2) is 6.79 Å². The van der Waals surface area contributed by atoms with E-state index in [2.05, 4.69) is 26.5 Å². The predicted molar refractivity (Wildman–Crippen MR) is 207 cm³/mol. The molecule has 0 aromatic heterocycles. The lowest BCUT2D eigenvalue weighted by Crippen LogP contribution is -2.46. The van der Waals surface area contributed by atoms with Crippen LogP contribution in [-0.4, -0.2) is 171 Å². The van der Waals surface area contributed by atoms with Crippen molar-refractivity contribution in [2.75, 3.05) is 112 Å². The SMILES string of the molecule is CC(C)(C)OCONCCCCCCNC(=O)CN(CCN(CCN(CCOO)CCONCCCCCCNCOOC(C)(C)C)CC(=O)O)CC(=O)O. The molecule has 0 radical (unpaired) electrons. The third-order valence-electron chi connectivity index (χ3n) is 7.69. The highest BCUT2D eigenvalue weighted by Crippen LogP contribution is 2.07. The average molecular weight is 798 g/mol. The Morgan fingerprint density at radius 2 is 1.11 bits per heavy atom. The van der Waals surface area contributed by atoms with E-state index in [9.17, 15) is 24.6 Å². The first kappa shape index (κ1) is 52.9. The third-order valence-corrected chi connectivity index (χ3v) is 7.69. The highest BCUT2D eigenvalue weighted by Gasteiger charge is 2.18. The summed E-state index contributed by atoms with van der Waals surface area (Å²) in [7, 11) is 0. The molecule has 0 heterocycles. The number of unbranched alkanes of at least 4 members (excludes halogenated alkanes) is 6. The number of hydroxylamine groups is 2. The zero-order valence-corrected chi connectivity index (χ0v) is 34.5. The smallest absolute Gasteiger partial charge is 0.317 e. The molecule has 0 aromatic rings. The third kappa shape index (κ3) is 39.9. The van der Waals surface area contributed by atoms with Gasteiger partial charge in [-0.05, 0) is 73.8 Å². The van der Waals surface area contributed by atoms with E-state index in [1.165, 1.54) is 4.90 Å². The average Bonchev–Trinajstić information content (AvgIpc) is 3.08. The molecule has 0 unspecified atom stereocenters. The molecule has 0 bridgehead atoms. The van der Waals surface area contributed by atoms with Gasteiger partial charge in [0.1, 0.15) is 6.73 Å². The molecule has 0 aromatic carbocycles. The van der Waals surface area contributed by atoms with Gasteiger partial charge < -0.3 is 25.1 Å². The summed E-state index contributed by atoms with van der Waals surface area (Å²) in [6.07, 6.45) is 7.68. The second-order valence-corrected chi connectivity index (χ2v) is 15.2. The Kier molecular flexibility index (Phi) is 32.7. The van der Waals surface area contributed by atoms with E-state index in [0.717, 1.165) is 57.9 Å². The van der Waals surface area contributed by atoms with Crippen LogP contribution < -0.4 is 21.6 Å². The van der Waals surface area contributed by atoms with Crippen LogP contribution in [0.1, 0.15) is 92.9 Å². The molecule has 7 N–H and O–H groups in total. The van der Waals surface area contributed by atoms with E-state index in [-0.39, 0.29) is 63.2 Å². The summed E-state index contributed by atoms with van der Waals surface area (Å²) < 4.78 is 5.47. The molecule has 0 spiro atoms. The van der Waals surface area contributed by atoms with E-state index in [0.29, 0.717) is 59.2 Å². The minimum Gasteiger partial charge on any atom is -0.480 e. The first-order valence-electron chi connectivity index (χ1n) is 19.6. The van der Waals surface area contributed by atoms with Crippen molar-refractivity contribution in [3.8, 4) is 0 Å². The molecule has 0 atom stereocenters. The summed E-state index contributed by atoms with van der Waals surface area (Å²) in [4.78, 5) is 66.4. The van der Waals surface area contributed by atoms with Gasteiger partial charge in [0.05, 0.1) is 44.1 Å². The maximum atomic E-state index is 12.6. The number of carboxylic acids is 2. The number of carbonyl (C=O) groups is 3. The van der Waals surface area contributed by atoms with E-state index in [1.807, 2.05) is 46.4 Å². The molecule has 0 saturated carbocycles. The lowest BCUT2D eigenvalue weighted by atomic mass is 10.2. The van der Waals surface area contributed by atoms with Crippen molar-refractivity contribution < 1.29 is 58.9 Å². The maximum Gasteiger partial charge on any atom is 0.317 e.